The number of carbonyl (C=O) groups is 2. The van der Waals surface area contributed by atoms with Gasteiger partial charge in [-0.05, 0) is 57.9 Å². The molecule has 32 heavy (non-hydrogen) atoms. The van der Waals surface area contributed by atoms with Crippen molar-refractivity contribution in [2.24, 2.45) is 5.10 Å². The van der Waals surface area contributed by atoms with Gasteiger partial charge in [0.2, 0.25) is 0 Å². The van der Waals surface area contributed by atoms with Crippen LogP contribution >= 0.6 is 15.9 Å². The van der Waals surface area contributed by atoms with E-state index in [9.17, 15) is 19.7 Å². The van der Waals surface area contributed by atoms with Gasteiger partial charge in [0.15, 0.2) is 11.5 Å². The Labute approximate surface area is 190 Å². The number of nitro benzene ring substituents is 1. The highest BCUT2D eigenvalue weighted by Crippen LogP contribution is 2.28. The monoisotopic (exact) mass is 498 g/mol. The van der Waals surface area contributed by atoms with Crippen molar-refractivity contribution < 1.29 is 24.0 Å². The number of carbonyl (C=O) groups excluding carboxylic acids is 2. The first-order chi connectivity index (χ1) is 15.4. The number of aromatic nitrogens is 1. The van der Waals surface area contributed by atoms with Gasteiger partial charge in [-0.2, -0.15) is 5.10 Å². The van der Waals surface area contributed by atoms with Gasteiger partial charge in [0, 0.05) is 29.0 Å². The van der Waals surface area contributed by atoms with Gasteiger partial charge >= 0.3 is 5.97 Å². The van der Waals surface area contributed by atoms with E-state index in [1.807, 2.05) is 0 Å². The minimum Gasteiger partial charge on any atom is -0.493 e. The van der Waals surface area contributed by atoms with Crippen molar-refractivity contribution in [2.45, 2.75) is 0 Å². The standard InChI is InChI=1S/C21H15BrN4O6/c1-31-19-8-13(10-24-25-20(27)15-9-16(22)12-23-11-15)2-7-18(19)32-21(28)14-3-5-17(6-4-14)26(29)30/h2-12H,1H3,(H,25,27)/b24-10-. The van der Waals surface area contributed by atoms with E-state index >= 15 is 0 Å². The van der Waals surface area contributed by atoms with Crippen molar-refractivity contribution in [3.05, 3.63) is 92.2 Å². The number of hydrogen-bond acceptors (Lipinski definition) is 8. The van der Waals surface area contributed by atoms with Crippen LogP contribution in [-0.4, -0.2) is 35.1 Å². The van der Waals surface area contributed by atoms with Crippen LogP contribution in [0.1, 0.15) is 26.3 Å². The number of non-ortho nitro benzene ring substituents is 1. The van der Waals surface area contributed by atoms with E-state index in [1.54, 1.807) is 24.4 Å². The van der Waals surface area contributed by atoms with Crippen LogP contribution in [0.2, 0.25) is 0 Å². The molecule has 1 heterocycles. The van der Waals surface area contributed by atoms with Crippen LogP contribution in [0.25, 0.3) is 0 Å². The van der Waals surface area contributed by atoms with Gasteiger partial charge in [-0.3, -0.25) is 19.9 Å². The molecule has 0 radical (unpaired) electrons. The number of methoxy groups -OCH3 is 1. The average Bonchev–Trinajstić information content (AvgIpc) is 2.79. The average molecular weight is 499 g/mol. The number of nitro groups is 1. The van der Waals surface area contributed by atoms with E-state index in [4.69, 9.17) is 9.47 Å². The molecule has 0 aliphatic rings. The number of halogens is 1. The zero-order valence-corrected chi connectivity index (χ0v) is 18.1. The minimum atomic E-state index is -0.700. The fourth-order valence-electron chi connectivity index (χ4n) is 2.49. The Morgan fingerprint density at radius 2 is 1.84 bits per heavy atom. The fourth-order valence-corrected chi connectivity index (χ4v) is 2.86. The van der Waals surface area contributed by atoms with Crippen molar-refractivity contribution in [3.8, 4) is 11.5 Å². The fraction of sp³-hybridized carbons (Fsp3) is 0.0476. The Bertz CT molecular complexity index is 1200. The minimum absolute atomic E-state index is 0.133. The Kier molecular flexibility index (Phi) is 7.24. The van der Waals surface area contributed by atoms with E-state index in [0.717, 1.165) is 0 Å². The second kappa shape index (κ2) is 10.3. The number of nitrogens with one attached hydrogen (secondary N) is 1. The lowest BCUT2D eigenvalue weighted by Gasteiger charge is -2.10. The molecule has 1 amide bonds. The molecule has 0 aliphatic carbocycles. The molecule has 11 heteroatoms. The number of ether oxygens (including phenoxy) is 2. The van der Waals surface area contributed by atoms with Crippen LogP contribution in [0.4, 0.5) is 5.69 Å². The summed E-state index contributed by atoms with van der Waals surface area (Å²) in [5.41, 5.74) is 3.31. The third kappa shape index (κ3) is 5.73. The highest BCUT2D eigenvalue weighted by Gasteiger charge is 2.14. The summed E-state index contributed by atoms with van der Waals surface area (Å²) in [6.45, 7) is 0. The largest absolute Gasteiger partial charge is 0.493 e. The maximum atomic E-state index is 12.3. The summed E-state index contributed by atoms with van der Waals surface area (Å²) in [5.74, 6) is -0.728. The molecule has 0 spiro atoms. The molecule has 0 atom stereocenters. The highest BCUT2D eigenvalue weighted by atomic mass is 79.9. The topological polar surface area (TPSA) is 133 Å². The van der Waals surface area contributed by atoms with Crippen molar-refractivity contribution in [3.63, 3.8) is 0 Å². The summed E-state index contributed by atoms with van der Waals surface area (Å²) in [6, 6.07) is 11.3. The maximum Gasteiger partial charge on any atom is 0.343 e. The second-order valence-electron chi connectivity index (χ2n) is 6.19. The van der Waals surface area contributed by atoms with E-state index in [-0.39, 0.29) is 22.7 Å². The first-order valence-corrected chi connectivity index (χ1v) is 9.75. The summed E-state index contributed by atoms with van der Waals surface area (Å²) < 4.78 is 11.2. The number of benzene rings is 2. The normalized spacial score (nSPS) is 10.6. The molecule has 10 nitrogen and oxygen atoms in total. The van der Waals surface area contributed by atoms with Crippen LogP contribution < -0.4 is 14.9 Å². The lowest BCUT2D eigenvalue weighted by Crippen LogP contribution is -2.17. The van der Waals surface area contributed by atoms with E-state index < -0.39 is 16.8 Å². The molecular formula is C21H15BrN4O6. The van der Waals surface area contributed by atoms with Crippen molar-refractivity contribution >= 4 is 39.7 Å². The van der Waals surface area contributed by atoms with Gasteiger partial charge in [-0.15, -0.1) is 0 Å². The molecule has 1 aromatic heterocycles. The predicted molar refractivity (Wildman–Crippen MR) is 118 cm³/mol. The number of nitrogens with zero attached hydrogens (tertiary/aromatic N) is 3. The molecule has 0 fully saturated rings. The predicted octanol–water partition coefficient (Wildman–Crippen LogP) is 3.74. The van der Waals surface area contributed by atoms with Gasteiger partial charge in [0.05, 0.1) is 29.4 Å². The van der Waals surface area contributed by atoms with Crippen molar-refractivity contribution in [1.82, 2.24) is 10.4 Å². The third-order valence-corrected chi connectivity index (χ3v) is 4.48. The van der Waals surface area contributed by atoms with Crippen LogP contribution in [0.15, 0.2) is 70.5 Å². The number of hydrogen-bond donors (Lipinski definition) is 1. The zero-order valence-electron chi connectivity index (χ0n) is 16.5. The zero-order chi connectivity index (χ0) is 23.1. The molecule has 162 valence electrons. The summed E-state index contributed by atoms with van der Waals surface area (Å²) in [6.07, 6.45) is 4.36. The lowest BCUT2D eigenvalue weighted by molar-refractivity contribution is -0.384. The first-order valence-electron chi connectivity index (χ1n) is 8.96. The third-order valence-electron chi connectivity index (χ3n) is 4.05. The Balaban J connectivity index is 1.67. The van der Waals surface area contributed by atoms with Gasteiger partial charge < -0.3 is 9.47 Å². The molecule has 0 unspecified atom stereocenters. The quantitative estimate of drug-likeness (QED) is 0.172. The summed E-state index contributed by atoms with van der Waals surface area (Å²) >= 11 is 3.24. The van der Waals surface area contributed by atoms with Gasteiger partial charge in [-0.1, -0.05) is 0 Å². The highest BCUT2D eigenvalue weighted by molar-refractivity contribution is 9.10. The molecular weight excluding hydrogens is 484 g/mol. The molecule has 0 aliphatic heterocycles. The molecule has 2 aromatic carbocycles. The first kappa shape index (κ1) is 22.6. The number of pyridine rings is 1. The van der Waals surface area contributed by atoms with Crippen molar-refractivity contribution in [2.75, 3.05) is 7.11 Å². The number of amides is 1. The molecule has 1 N–H and O–H groups in total. The number of rotatable bonds is 7. The second-order valence-corrected chi connectivity index (χ2v) is 7.11. The smallest absolute Gasteiger partial charge is 0.343 e. The molecule has 3 rings (SSSR count). The van der Waals surface area contributed by atoms with Crippen LogP contribution in [-0.2, 0) is 0 Å². The van der Waals surface area contributed by atoms with E-state index in [1.165, 1.54) is 49.9 Å². The van der Waals surface area contributed by atoms with Gasteiger partial charge in [-0.25, -0.2) is 10.2 Å². The van der Waals surface area contributed by atoms with Crippen molar-refractivity contribution in [1.29, 1.82) is 0 Å². The lowest BCUT2D eigenvalue weighted by atomic mass is 10.2. The van der Waals surface area contributed by atoms with Crippen LogP contribution in [0.3, 0.4) is 0 Å². The molecule has 0 saturated heterocycles. The summed E-state index contributed by atoms with van der Waals surface area (Å²) in [4.78, 5) is 38.5. The van der Waals surface area contributed by atoms with Crippen LogP contribution in [0.5, 0.6) is 11.5 Å². The number of esters is 1. The molecule has 0 bridgehead atoms. The molecule has 0 saturated carbocycles. The van der Waals surface area contributed by atoms with Crippen LogP contribution in [0, 0.1) is 10.1 Å². The molecule has 3 aromatic rings. The Morgan fingerprint density at radius 3 is 2.50 bits per heavy atom. The maximum absolute atomic E-state index is 12.3. The SMILES string of the molecule is COc1cc(/C=N\NC(=O)c2cncc(Br)c2)ccc1OC(=O)c1ccc([N+](=O)[O-])cc1. The Hall–Kier alpha value is -4.12. The van der Waals surface area contributed by atoms with Gasteiger partial charge in [0.25, 0.3) is 11.6 Å². The number of hydrazone groups is 1. The summed E-state index contributed by atoms with van der Waals surface area (Å²) in [5, 5.41) is 14.6. The summed E-state index contributed by atoms with van der Waals surface area (Å²) in [7, 11) is 1.40. The Morgan fingerprint density at radius 1 is 1.09 bits per heavy atom. The van der Waals surface area contributed by atoms with E-state index in [2.05, 4.69) is 31.4 Å². The van der Waals surface area contributed by atoms with E-state index in [0.29, 0.717) is 15.6 Å². The van der Waals surface area contributed by atoms with Gasteiger partial charge in [0.1, 0.15) is 0 Å².